The average Bonchev–Trinajstić information content (AvgIpc) is 2.57. The Bertz CT molecular complexity index is 411. The number of carbonyl (C=O) groups is 1. The number of unbranched alkanes of at least 4 members (excludes halogenated alkanes) is 3. The minimum atomic E-state index is -0.807. The summed E-state index contributed by atoms with van der Waals surface area (Å²) < 4.78 is 0. The van der Waals surface area contributed by atoms with Gasteiger partial charge in [-0.25, -0.2) is 0 Å². The minimum absolute atomic E-state index is 0.125. The summed E-state index contributed by atoms with van der Waals surface area (Å²) in [5.74, 6) is -0.807. The van der Waals surface area contributed by atoms with Crippen molar-refractivity contribution < 1.29 is 15.1 Å². The smallest absolute Gasteiger partial charge is 0.303 e. The predicted octanol–water partition coefficient (Wildman–Crippen LogP) is 5.17. The van der Waals surface area contributed by atoms with E-state index in [9.17, 15) is 4.79 Å². The highest BCUT2D eigenvalue weighted by atomic mass is 16.5. The Labute approximate surface area is 146 Å². The topological polar surface area (TPSA) is 69.6 Å². The quantitative estimate of drug-likeness (QED) is 0.167. The number of rotatable bonds is 15. The van der Waals surface area contributed by atoms with Gasteiger partial charge in [0.25, 0.3) is 0 Å². The van der Waals surface area contributed by atoms with Gasteiger partial charge in [0.2, 0.25) is 0 Å². The van der Waals surface area contributed by atoms with Crippen molar-refractivity contribution in [2.24, 2.45) is 0 Å². The SMILES string of the molecule is CCCCC/C=C\C/C=C\C/C=C\C=C\[C@@H](CCCC(=O)O)NO. The highest BCUT2D eigenvalue weighted by molar-refractivity contribution is 5.66. The van der Waals surface area contributed by atoms with Crippen LogP contribution in [0.15, 0.2) is 48.6 Å². The molecule has 0 heterocycles. The molecule has 0 aliphatic heterocycles. The molecule has 0 amide bonds. The summed E-state index contributed by atoms with van der Waals surface area (Å²) in [6.07, 6.45) is 24.6. The normalized spacial score (nSPS) is 13.8. The molecule has 0 aromatic heterocycles. The molecule has 0 rings (SSSR count). The lowest BCUT2D eigenvalue weighted by atomic mass is 10.1. The molecule has 3 N–H and O–H groups in total. The first-order chi connectivity index (χ1) is 11.7. The average molecular weight is 335 g/mol. The fourth-order valence-electron chi connectivity index (χ4n) is 2.11. The van der Waals surface area contributed by atoms with Crippen LogP contribution in [0.3, 0.4) is 0 Å². The fraction of sp³-hybridized carbons (Fsp3) is 0.550. The maximum Gasteiger partial charge on any atom is 0.303 e. The first kappa shape index (κ1) is 22.4. The fourth-order valence-corrected chi connectivity index (χ4v) is 2.11. The van der Waals surface area contributed by atoms with Gasteiger partial charge >= 0.3 is 5.97 Å². The molecule has 0 aromatic carbocycles. The maximum absolute atomic E-state index is 10.4. The van der Waals surface area contributed by atoms with Crippen LogP contribution in [-0.2, 0) is 4.79 Å². The van der Waals surface area contributed by atoms with Gasteiger partial charge < -0.3 is 10.3 Å². The number of allylic oxidation sites excluding steroid dienone is 7. The van der Waals surface area contributed by atoms with Crippen molar-refractivity contribution in [3.05, 3.63) is 48.6 Å². The minimum Gasteiger partial charge on any atom is -0.481 e. The number of carboxylic acids is 1. The lowest BCUT2D eigenvalue weighted by Gasteiger charge is -2.08. The Kier molecular flexibility index (Phi) is 16.5. The molecule has 1 atom stereocenters. The molecule has 0 saturated carbocycles. The Morgan fingerprint density at radius 2 is 1.71 bits per heavy atom. The molecule has 4 nitrogen and oxygen atoms in total. The number of carboxylic acid groups (broad SMARTS) is 1. The molecule has 0 aliphatic carbocycles. The zero-order valence-electron chi connectivity index (χ0n) is 14.9. The lowest BCUT2D eigenvalue weighted by Crippen LogP contribution is -2.23. The van der Waals surface area contributed by atoms with Crippen LogP contribution in [0.5, 0.6) is 0 Å². The molecule has 0 aliphatic rings. The Morgan fingerprint density at radius 3 is 2.38 bits per heavy atom. The van der Waals surface area contributed by atoms with Gasteiger partial charge in [0.1, 0.15) is 0 Å². The van der Waals surface area contributed by atoms with Crippen LogP contribution in [0.1, 0.15) is 64.7 Å². The van der Waals surface area contributed by atoms with Crippen molar-refractivity contribution in [3.63, 3.8) is 0 Å². The molecule has 0 radical (unpaired) electrons. The molecule has 4 heteroatoms. The van der Waals surface area contributed by atoms with Gasteiger partial charge in [-0.05, 0) is 38.5 Å². The van der Waals surface area contributed by atoms with Gasteiger partial charge in [-0.15, -0.1) is 0 Å². The van der Waals surface area contributed by atoms with Crippen LogP contribution >= 0.6 is 0 Å². The molecule has 0 fully saturated rings. The van der Waals surface area contributed by atoms with E-state index in [0.717, 1.165) is 12.8 Å². The van der Waals surface area contributed by atoms with Crippen molar-refractivity contribution in [2.75, 3.05) is 0 Å². The van der Waals surface area contributed by atoms with E-state index >= 15 is 0 Å². The molecule has 0 bridgehead atoms. The van der Waals surface area contributed by atoms with Crippen LogP contribution in [0.25, 0.3) is 0 Å². The monoisotopic (exact) mass is 335 g/mol. The number of hydrogen-bond donors (Lipinski definition) is 3. The Hall–Kier alpha value is -1.65. The number of nitrogens with one attached hydrogen (secondary N) is 1. The number of hydroxylamine groups is 1. The van der Waals surface area contributed by atoms with Crippen LogP contribution in [0.4, 0.5) is 0 Å². The molecule has 136 valence electrons. The summed E-state index contributed by atoms with van der Waals surface area (Å²) >= 11 is 0. The van der Waals surface area contributed by atoms with Gasteiger partial charge in [0.15, 0.2) is 0 Å². The summed E-state index contributed by atoms with van der Waals surface area (Å²) in [7, 11) is 0. The molecule has 24 heavy (non-hydrogen) atoms. The van der Waals surface area contributed by atoms with E-state index in [0.29, 0.717) is 12.8 Å². The number of aliphatic carboxylic acids is 1. The largest absolute Gasteiger partial charge is 0.481 e. The lowest BCUT2D eigenvalue weighted by molar-refractivity contribution is -0.137. The Morgan fingerprint density at radius 1 is 1.00 bits per heavy atom. The van der Waals surface area contributed by atoms with Crippen molar-refractivity contribution in [3.8, 4) is 0 Å². The molecule has 0 aromatic rings. The van der Waals surface area contributed by atoms with Gasteiger partial charge in [0.05, 0.1) is 6.04 Å². The van der Waals surface area contributed by atoms with Gasteiger partial charge in [-0.2, -0.15) is 5.48 Å². The summed E-state index contributed by atoms with van der Waals surface area (Å²) in [5, 5.41) is 17.6. The summed E-state index contributed by atoms with van der Waals surface area (Å²) in [4.78, 5) is 10.4. The number of hydrogen-bond acceptors (Lipinski definition) is 3. The molecular formula is C20H33NO3. The Balaban J connectivity index is 3.74. The van der Waals surface area contributed by atoms with Gasteiger partial charge in [0, 0.05) is 6.42 Å². The van der Waals surface area contributed by atoms with E-state index in [2.05, 4.69) is 36.7 Å². The standard InChI is InChI=1S/C20H33NO3/c1-2-3-4-5-6-7-8-9-10-11-12-13-14-16-19(21-24)17-15-18-20(22)23/h6-7,9-10,12-14,16,19,21,24H,2-5,8,11,15,17-18H2,1H3,(H,22,23)/b7-6-,10-9-,13-12-,16-14+/t19-/m0/s1. The van der Waals surface area contributed by atoms with Crippen LogP contribution in [0.2, 0.25) is 0 Å². The van der Waals surface area contributed by atoms with Gasteiger partial charge in [-0.1, -0.05) is 68.4 Å². The third-order valence-corrected chi connectivity index (χ3v) is 3.51. The maximum atomic E-state index is 10.4. The van der Waals surface area contributed by atoms with Crippen LogP contribution in [-0.4, -0.2) is 22.3 Å². The van der Waals surface area contributed by atoms with E-state index < -0.39 is 5.97 Å². The van der Waals surface area contributed by atoms with Crippen molar-refractivity contribution >= 4 is 5.97 Å². The van der Waals surface area contributed by atoms with Crippen LogP contribution in [0, 0.1) is 0 Å². The van der Waals surface area contributed by atoms with Crippen molar-refractivity contribution in [1.82, 2.24) is 5.48 Å². The van der Waals surface area contributed by atoms with Crippen LogP contribution < -0.4 is 5.48 Å². The second-order valence-electron chi connectivity index (χ2n) is 5.74. The summed E-state index contributed by atoms with van der Waals surface area (Å²) in [6.45, 7) is 2.22. The summed E-state index contributed by atoms with van der Waals surface area (Å²) in [5.41, 5.74) is 2.18. The van der Waals surface area contributed by atoms with E-state index in [-0.39, 0.29) is 12.5 Å². The van der Waals surface area contributed by atoms with E-state index in [1.165, 1.54) is 25.7 Å². The van der Waals surface area contributed by atoms with Crippen molar-refractivity contribution in [1.29, 1.82) is 0 Å². The first-order valence-electron chi connectivity index (χ1n) is 8.95. The summed E-state index contributed by atoms with van der Waals surface area (Å²) in [6, 6.07) is -0.206. The predicted molar refractivity (Wildman–Crippen MR) is 100 cm³/mol. The highest BCUT2D eigenvalue weighted by Gasteiger charge is 2.03. The molecule has 0 unspecified atom stereocenters. The third kappa shape index (κ3) is 16.7. The second-order valence-corrected chi connectivity index (χ2v) is 5.74. The second kappa shape index (κ2) is 17.7. The molecule has 0 spiro atoms. The third-order valence-electron chi connectivity index (χ3n) is 3.51. The molecule has 0 saturated heterocycles. The van der Waals surface area contributed by atoms with Gasteiger partial charge in [-0.3, -0.25) is 4.79 Å². The van der Waals surface area contributed by atoms with E-state index in [4.69, 9.17) is 10.3 Å². The zero-order valence-corrected chi connectivity index (χ0v) is 14.9. The zero-order chi connectivity index (χ0) is 17.9. The first-order valence-corrected chi connectivity index (χ1v) is 8.95. The molecular weight excluding hydrogens is 302 g/mol. The van der Waals surface area contributed by atoms with E-state index in [1.54, 1.807) is 0 Å². The van der Waals surface area contributed by atoms with E-state index in [1.807, 2.05) is 24.3 Å². The highest BCUT2D eigenvalue weighted by Crippen LogP contribution is 2.03. The van der Waals surface area contributed by atoms with Crippen molar-refractivity contribution in [2.45, 2.75) is 70.8 Å².